The second-order valence-electron chi connectivity index (χ2n) is 5.53. The molecule has 0 saturated heterocycles. The maximum atomic E-state index is 11.4. The lowest BCUT2D eigenvalue weighted by Gasteiger charge is -2.39. The van der Waals surface area contributed by atoms with Crippen LogP contribution in [0, 0.1) is 5.92 Å². The monoisotopic (exact) mass is 277 g/mol. The molecule has 1 aliphatic rings. The first-order valence-electron chi connectivity index (χ1n) is 6.97. The lowest BCUT2D eigenvalue weighted by atomic mass is 9.79. The number of sulfone groups is 1. The summed E-state index contributed by atoms with van der Waals surface area (Å²) in [7, 11) is -2.87. The molecule has 0 aromatic rings. The second-order valence-corrected chi connectivity index (χ2v) is 8.00. The van der Waals surface area contributed by atoms with Gasteiger partial charge in [-0.2, -0.15) is 0 Å². The van der Waals surface area contributed by atoms with Gasteiger partial charge in [-0.15, -0.1) is 0 Å². The van der Waals surface area contributed by atoms with Gasteiger partial charge in [0.2, 0.25) is 0 Å². The van der Waals surface area contributed by atoms with E-state index < -0.39 is 9.84 Å². The third kappa shape index (κ3) is 4.86. The Balaban J connectivity index is 2.36. The molecule has 0 aromatic heterocycles. The molecule has 0 amide bonds. The van der Waals surface area contributed by atoms with E-state index >= 15 is 0 Å². The van der Waals surface area contributed by atoms with Crippen molar-refractivity contribution in [3.63, 3.8) is 0 Å². The van der Waals surface area contributed by atoms with Crippen molar-refractivity contribution < 1.29 is 13.2 Å². The molecule has 1 aliphatic carbocycles. The highest BCUT2D eigenvalue weighted by molar-refractivity contribution is 7.91. The number of ether oxygens (including phenoxy) is 1. The fourth-order valence-electron chi connectivity index (χ4n) is 2.70. The molecule has 18 heavy (non-hydrogen) atoms. The molecule has 2 N–H and O–H groups in total. The Morgan fingerprint density at radius 3 is 2.72 bits per heavy atom. The molecular formula is C13H27NO3S. The highest BCUT2D eigenvalue weighted by Gasteiger charge is 2.34. The number of hydrogen-bond donors (Lipinski definition) is 1. The fourth-order valence-corrected chi connectivity index (χ4v) is 3.55. The highest BCUT2D eigenvalue weighted by atomic mass is 32.2. The van der Waals surface area contributed by atoms with Gasteiger partial charge in [-0.05, 0) is 25.2 Å². The normalized spacial score (nSPS) is 29.4. The van der Waals surface area contributed by atoms with E-state index in [0.29, 0.717) is 25.5 Å². The van der Waals surface area contributed by atoms with E-state index in [0.717, 1.165) is 19.3 Å². The number of hydrogen-bond acceptors (Lipinski definition) is 4. The van der Waals surface area contributed by atoms with Gasteiger partial charge in [0.25, 0.3) is 0 Å². The molecule has 2 atom stereocenters. The Labute approximate surface area is 111 Å². The molecular weight excluding hydrogens is 250 g/mol. The Kier molecular flexibility index (Phi) is 6.08. The summed E-state index contributed by atoms with van der Waals surface area (Å²) in [4.78, 5) is 0. The summed E-state index contributed by atoms with van der Waals surface area (Å²) in [6.07, 6.45) is 4.99. The maximum Gasteiger partial charge on any atom is 0.150 e. The van der Waals surface area contributed by atoms with Crippen LogP contribution in [0.1, 0.15) is 46.0 Å². The summed E-state index contributed by atoms with van der Waals surface area (Å²) >= 11 is 0. The average molecular weight is 277 g/mol. The van der Waals surface area contributed by atoms with Crippen LogP contribution in [0.25, 0.3) is 0 Å². The summed E-state index contributed by atoms with van der Waals surface area (Å²) in [5.41, 5.74) is 5.65. The van der Waals surface area contributed by atoms with Gasteiger partial charge in [-0.1, -0.05) is 26.7 Å². The van der Waals surface area contributed by atoms with Gasteiger partial charge in [0, 0.05) is 18.9 Å². The topological polar surface area (TPSA) is 69.4 Å². The molecule has 108 valence electrons. The van der Waals surface area contributed by atoms with Gasteiger partial charge >= 0.3 is 0 Å². The molecule has 1 fully saturated rings. The molecule has 1 rings (SSSR count). The minimum absolute atomic E-state index is 0.201. The smallest absolute Gasteiger partial charge is 0.150 e. The Bertz CT molecular complexity index is 342. The zero-order valence-corrected chi connectivity index (χ0v) is 12.5. The van der Waals surface area contributed by atoms with E-state index in [4.69, 9.17) is 10.5 Å². The number of rotatable bonds is 7. The molecule has 2 unspecified atom stereocenters. The Morgan fingerprint density at radius 1 is 1.44 bits per heavy atom. The van der Waals surface area contributed by atoms with Crippen molar-refractivity contribution in [3.05, 3.63) is 0 Å². The van der Waals surface area contributed by atoms with Crippen molar-refractivity contribution in [3.8, 4) is 0 Å². The SMILES string of the molecule is CCS(=O)(=O)CCCOC1(CN)CCCC(C)C1. The van der Waals surface area contributed by atoms with E-state index in [2.05, 4.69) is 6.92 Å². The predicted octanol–water partition coefficient (Wildman–Crippen LogP) is 1.74. The van der Waals surface area contributed by atoms with Crippen LogP contribution < -0.4 is 5.73 Å². The Hall–Kier alpha value is -0.130. The van der Waals surface area contributed by atoms with Crippen LogP contribution in [0.15, 0.2) is 0 Å². The van der Waals surface area contributed by atoms with Gasteiger partial charge in [0.05, 0.1) is 11.4 Å². The minimum Gasteiger partial charge on any atom is -0.374 e. The van der Waals surface area contributed by atoms with E-state index in [9.17, 15) is 8.42 Å². The molecule has 4 nitrogen and oxygen atoms in total. The van der Waals surface area contributed by atoms with Crippen molar-refractivity contribution in [1.82, 2.24) is 0 Å². The van der Waals surface area contributed by atoms with Gasteiger partial charge < -0.3 is 10.5 Å². The van der Waals surface area contributed by atoms with Gasteiger partial charge in [0.15, 0.2) is 0 Å². The van der Waals surface area contributed by atoms with Crippen molar-refractivity contribution in [2.75, 3.05) is 24.7 Å². The van der Waals surface area contributed by atoms with Gasteiger partial charge in [-0.3, -0.25) is 0 Å². The van der Waals surface area contributed by atoms with Crippen molar-refractivity contribution in [1.29, 1.82) is 0 Å². The van der Waals surface area contributed by atoms with Crippen molar-refractivity contribution >= 4 is 9.84 Å². The Morgan fingerprint density at radius 2 is 2.17 bits per heavy atom. The fraction of sp³-hybridized carbons (Fsp3) is 1.00. The van der Waals surface area contributed by atoms with Crippen LogP contribution in [-0.4, -0.2) is 38.7 Å². The van der Waals surface area contributed by atoms with Gasteiger partial charge in [0.1, 0.15) is 9.84 Å². The molecule has 0 aromatic carbocycles. The van der Waals surface area contributed by atoms with Gasteiger partial charge in [-0.25, -0.2) is 8.42 Å². The predicted molar refractivity (Wildman–Crippen MR) is 74.3 cm³/mol. The molecule has 0 spiro atoms. The van der Waals surface area contributed by atoms with Crippen LogP contribution in [0.4, 0.5) is 0 Å². The highest BCUT2D eigenvalue weighted by Crippen LogP contribution is 2.34. The third-order valence-corrected chi connectivity index (χ3v) is 5.66. The average Bonchev–Trinajstić information content (AvgIpc) is 2.35. The first kappa shape index (κ1) is 15.9. The van der Waals surface area contributed by atoms with Crippen LogP contribution in [0.2, 0.25) is 0 Å². The first-order chi connectivity index (χ1) is 8.43. The second kappa shape index (κ2) is 6.87. The molecule has 0 radical (unpaired) electrons. The van der Waals surface area contributed by atoms with Crippen LogP contribution in [-0.2, 0) is 14.6 Å². The molecule has 5 heteroatoms. The zero-order chi connectivity index (χ0) is 13.6. The summed E-state index contributed by atoms with van der Waals surface area (Å²) in [6, 6.07) is 0. The van der Waals surface area contributed by atoms with Crippen LogP contribution >= 0.6 is 0 Å². The standard InChI is InChI=1S/C13H27NO3S/c1-3-18(15,16)9-5-8-17-13(11-14)7-4-6-12(2)10-13/h12H,3-11,14H2,1-2H3. The quantitative estimate of drug-likeness (QED) is 0.720. The number of nitrogens with two attached hydrogens (primary N) is 1. The summed E-state index contributed by atoms with van der Waals surface area (Å²) in [5, 5.41) is 0. The van der Waals surface area contributed by atoms with E-state index in [1.54, 1.807) is 6.92 Å². The molecule has 0 bridgehead atoms. The van der Waals surface area contributed by atoms with Crippen molar-refractivity contribution in [2.24, 2.45) is 11.7 Å². The largest absolute Gasteiger partial charge is 0.374 e. The van der Waals surface area contributed by atoms with Crippen LogP contribution in [0.3, 0.4) is 0 Å². The first-order valence-corrected chi connectivity index (χ1v) is 8.79. The van der Waals surface area contributed by atoms with Crippen molar-refractivity contribution in [2.45, 2.75) is 51.6 Å². The summed E-state index contributed by atoms with van der Waals surface area (Å²) in [5.74, 6) is 1.09. The van der Waals surface area contributed by atoms with E-state index in [1.165, 1.54) is 6.42 Å². The third-order valence-electron chi connectivity index (χ3n) is 3.87. The summed E-state index contributed by atoms with van der Waals surface area (Å²) in [6.45, 7) is 4.95. The maximum absolute atomic E-state index is 11.4. The zero-order valence-electron chi connectivity index (χ0n) is 11.7. The van der Waals surface area contributed by atoms with E-state index in [1.807, 2.05) is 0 Å². The molecule has 0 heterocycles. The summed E-state index contributed by atoms with van der Waals surface area (Å²) < 4.78 is 28.7. The lowest BCUT2D eigenvalue weighted by molar-refractivity contribution is -0.0737. The minimum atomic E-state index is -2.87. The van der Waals surface area contributed by atoms with Crippen LogP contribution in [0.5, 0.6) is 0 Å². The molecule has 0 aliphatic heterocycles. The van der Waals surface area contributed by atoms with E-state index in [-0.39, 0.29) is 17.1 Å². The lowest BCUT2D eigenvalue weighted by Crippen LogP contribution is -2.44. The molecule has 1 saturated carbocycles.